The van der Waals surface area contributed by atoms with Gasteiger partial charge in [0.25, 0.3) is 0 Å². The zero-order valence-corrected chi connectivity index (χ0v) is 17.4. The first kappa shape index (κ1) is 23.2. The summed E-state index contributed by atoms with van der Waals surface area (Å²) in [5.41, 5.74) is 3.01. The summed E-state index contributed by atoms with van der Waals surface area (Å²) in [6.07, 6.45) is 12.0. The second kappa shape index (κ2) is 17.0. The van der Waals surface area contributed by atoms with Gasteiger partial charge in [0.15, 0.2) is 0 Å². The lowest BCUT2D eigenvalue weighted by Crippen LogP contribution is -2.42. The Kier molecular flexibility index (Phi) is 17.1. The summed E-state index contributed by atoms with van der Waals surface area (Å²) < 4.78 is 0.571. The fraction of sp³-hybridized carbons (Fsp3) is 0.944. The highest BCUT2D eigenvalue weighted by Crippen LogP contribution is 2.05. The number of hydrazine groups is 1. The number of thiol groups is 1. The topological polar surface area (TPSA) is 18.5 Å². The summed E-state index contributed by atoms with van der Waals surface area (Å²) >= 11 is 8.77. The molecule has 1 heterocycles. The van der Waals surface area contributed by atoms with Gasteiger partial charge in [0.2, 0.25) is 0 Å². The fourth-order valence-electron chi connectivity index (χ4n) is 2.62. The summed E-state index contributed by atoms with van der Waals surface area (Å²) in [4.78, 5) is 2.64. The molecule has 1 fully saturated rings. The van der Waals surface area contributed by atoms with Gasteiger partial charge < -0.3 is 10.3 Å². The van der Waals surface area contributed by atoms with Crippen molar-refractivity contribution >= 4 is 29.2 Å². The van der Waals surface area contributed by atoms with Gasteiger partial charge in [0.05, 0.1) is 0 Å². The van der Waals surface area contributed by atoms with Crippen LogP contribution >= 0.6 is 24.8 Å². The molecule has 138 valence electrons. The van der Waals surface area contributed by atoms with Gasteiger partial charge in [-0.15, -0.1) is 12.6 Å². The zero-order valence-electron chi connectivity index (χ0n) is 15.6. The van der Waals surface area contributed by atoms with Crippen molar-refractivity contribution in [3.63, 3.8) is 0 Å². The molecule has 0 amide bonds. The third-order valence-corrected chi connectivity index (χ3v) is 4.28. The summed E-state index contributed by atoms with van der Waals surface area (Å²) in [6.45, 7) is 13.0. The number of hydrogen-bond acceptors (Lipinski definition) is 3. The maximum Gasteiger partial charge on any atom is 0.145 e. The molecule has 1 aliphatic rings. The van der Waals surface area contributed by atoms with E-state index in [9.17, 15) is 0 Å². The highest BCUT2D eigenvalue weighted by atomic mass is 32.1. The number of hydrogen-bond donors (Lipinski definition) is 2. The molecule has 1 aliphatic heterocycles. The number of nitrogens with one attached hydrogen (secondary N) is 1. The predicted molar refractivity (Wildman–Crippen MR) is 111 cm³/mol. The second-order valence-electron chi connectivity index (χ2n) is 6.37. The summed E-state index contributed by atoms with van der Waals surface area (Å²) in [6, 6.07) is 0. The fourth-order valence-corrected chi connectivity index (χ4v) is 2.89. The Hall–Kier alpha value is 0.160. The standard InChI is InChI=1S/C12H27N.C6H12N2S2/c1-4-7-10-13(11-8-5-2)12-9-6-3;9-6(10)7-8-4-2-1-3-5-8/h4-12H2,1-3H3;1-5H2,(H2,7,9,10). The molecule has 0 atom stereocenters. The Morgan fingerprint density at radius 1 is 0.913 bits per heavy atom. The van der Waals surface area contributed by atoms with E-state index in [0.717, 1.165) is 13.1 Å². The van der Waals surface area contributed by atoms with E-state index in [2.05, 4.69) is 48.7 Å². The van der Waals surface area contributed by atoms with Crippen LogP contribution in [0, 0.1) is 0 Å². The summed E-state index contributed by atoms with van der Waals surface area (Å²) in [5, 5.41) is 2.12. The van der Waals surface area contributed by atoms with Crippen molar-refractivity contribution in [3.8, 4) is 0 Å². The van der Waals surface area contributed by atoms with Gasteiger partial charge in [-0.2, -0.15) is 0 Å². The molecule has 0 unspecified atom stereocenters. The maximum absolute atomic E-state index is 4.79. The monoisotopic (exact) mass is 361 g/mol. The van der Waals surface area contributed by atoms with Crippen LogP contribution in [0.4, 0.5) is 0 Å². The Balaban J connectivity index is 0.000000433. The quantitative estimate of drug-likeness (QED) is 0.426. The number of unbranched alkanes of at least 4 members (excludes halogenated alkanes) is 3. The van der Waals surface area contributed by atoms with Crippen molar-refractivity contribution in [1.29, 1.82) is 0 Å². The average Bonchev–Trinajstić information content (AvgIpc) is 2.55. The molecule has 0 aromatic heterocycles. The molecular formula is C18H39N3S2. The molecule has 0 aromatic rings. The van der Waals surface area contributed by atoms with E-state index in [1.54, 1.807) is 0 Å². The molecule has 0 aliphatic carbocycles. The molecule has 23 heavy (non-hydrogen) atoms. The lowest BCUT2D eigenvalue weighted by Gasteiger charge is -2.26. The molecule has 3 nitrogen and oxygen atoms in total. The van der Waals surface area contributed by atoms with Gasteiger partial charge in [-0.1, -0.05) is 58.7 Å². The normalized spacial score (nSPS) is 15.2. The van der Waals surface area contributed by atoms with Crippen molar-refractivity contribution in [2.45, 2.75) is 78.6 Å². The summed E-state index contributed by atoms with van der Waals surface area (Å²) in [7, 11) is 0. The first-order valence-corrected chi connectivity index (χ1v) is 10.5. The third kappa shape index (κ3) is 15.4. The SMILES string of the molecule is CCCCN(CCCC)CCCC.S=C(S)NN1CCCCC1. The van der Waals surface area contributed by atoms with Crippen LogP contribution in [0.15, 0.2) is 0 Å². The molecule has 1 rings (SSSR count). The molecule has 1 saturated heterocycles. The highest BCUT2D eigenvalue weighted by Gasteiger charge is 2.08. The van der Waals surface area contributed by atoms with Gasteiger partial charge >= 0.3 is 0 Å². The first-order chi connectivity index (χ1) is 11.1. The predicted octanol–water partition coefficient (Wildman–Crippen LogP) is 4.88. The van der Waals surface area contributed by atoms with Gasteiger partial charge in [0, 0.05) is 13.1 Å². The van der Waals surface area contributed by atoms with Crippen LogP contribution < -0.4 is 5.43 Å². The Labute approximate surface area is 155 Å². The van der Waals surface area contributed by atoms with Gasteiger partial charge in [-0.25, -0.2) is 5.01 Å². The summed E-state index contributed by atoms with van der Waals surface area (Å²) in [5.74, 6) is 0. The number of rotatable bonds is 10. The first-order valence-electron chi connectivity index (χ1n) is 9.60. The largest absolute Gasteiger partial charge is 0.304 e. The van der Waals surface area contributed by atoms with Crippen molar-refractivity contribution in [2.75, 3.05) is 32.7 Å². The van der Waals surface area contributed by atoms with Crippen LogP contribution in [-0.2, 0) is 0 Å². The van der Waals surface area contributed by atoms with E-state index >= 15 is 0 Å². The van der Waals surface area contributed by atoms with E-state index < -0.39 is 0 Å². The maximum atomic E-state index is 4.79. The van der Waals surface area contributed by atoms with Crippen LogP contribution in [0.3, 0.4) is 0 Å². The van der Waals surface area contributed by atoms with Crippen LogP contribution in [0.5, 0.6) is 0 Å². The Morgan fingerprint density at radius 2 is 1.35 bits per heavy atom. The van der Waals surface area contributed by atoms with E-state index in [0.29, 0.717) is 4.32 Å². The lowest BCUT2D eigenvalue weighted by molar-refractivity contribution is 0.198. The number of thiocarbonyl (C=S) groups is 1. The number of piperidine rings is 1. The minimum atomic E-state index is 0.571. The Bertz CT molecular complexity index is 250. The van der Waals surface area contributed by atoms with Crippen molar-refractivity contribution in [3.05, 3.63) is 0 Å². The highest BCUT2D eigenvalue weighted by molar-refractivity contribution is 8.11. The van der Waals surface area contributed by atoms with Crippen molar-refractivity contribution in [2.24, 2.45) is 0 Å². The molecular weight excluding hydrogens is 322 g/mol. The average molecular weight is 362 g/mol. The molecule has 0 spiro atoms. The minimum absolute atomic E-state index is 0.571. The third-order valence-electron chi connectivity index (χ3n) is 4.09. The van der Waals surface area contributed by atoms with Crippen molar-refractivity contribution < 1.29 is 0 Å². The van der Waals surface area contributed by atoms with E-state index in [4.69, 9.17) is 12.2 Å². The van der Waals surface area contributed by atoms with Gasteiger partial charge in [-0.3, -0.25) is 0 Å². The minimum Gasteiger partial charge on any atom is -0.304 e. The lowest BCUT2D eigenvalue weighted by atomic mass is 10.2. The molecule has 0 saturated carbocycles. The zero-order chi connectivity index (χ0) is 17.3. The molecule has 1 N–H and O–H groups in total. The van der Waals surface area contributed by atoms with Crippen LogP contribution in [0.2, 0.25) is 0 Å². The van der Waals surface area contributed by atoms with E-state index in [1.807, 2.05) is 0 Å². The van der Waals surface area contributed by atoms with Crippen LogP contribution in [-0.4, -0.2) is 47.0 Å². The van der Waals surface area contributed by atoms with Gasteiger partial charge in [-0.05, 0) is 51.7 Å². The van der Waals surface area contributed by atoms with E-state index in [-0.39, 0.29) is 0 Å². The molecule has 0 radical (unpaired) electrons. The van der Waals surface area contributed by atoms with Crippen LogP contribution in [0.1, 0.15) is 78.6 Å². The van der Waals surface area contributed by atoms with Gasteiger partial charge in [0.1, 0.15) is 4.32 Å². The number of nitrogens with zero attached hydrogens (tertiary/aromatic N) is 2. The molecule has 0 aromatic carbocycles. The van der Waals surface area contributed by atoms with E-state index in [1.165, 1.54) is 77.4 Å². The van der Waals surface area contributed by atoms with Crippen molar-refractivity contribution in [1.82, 2.24) is 15.3 Å². The Morgan fingerprint density at radius 3 is 1.70 bits per heavy atom. The molecule has 0 bridgehead atoms. The van der Waals surface area contributed by atoms with Crippen LogP contribution in [0.25, 0.3) is 0 Å². The smallest absolute Gasteiger partial charge is 0.145 e. The second-order valence-corrected chi connectivity index (χ2v) is 7.52. The molecule has 5 heteroatoms.